The number of benzene rings is 1. The van der Waals surface area contributed by atoms with E-state index < -0.39 is 0 Å². The van der Waals surface area contributed by atoms with Crippen LogP contribution in [0.3, 0.4) is 0 Å². The van der Waals surface area contributed by atoms with Gasteiger partial charge in [-0.1, -0.05) is 30.3 Å². The van der Waals surface area contributed by atoms with Crippen molar-refractivity contribution in [3.05, 3.63) is 53.7 Å². The number of anilines is 1. The Hall–Kier alpha value is -2.63. The smallest absolute Gasteiger partial charge is 0.317 e. The van der Waals surface area contributed by atoms with Crippen LogP contribution in [0.4, 0.5) is 10.6 Å². The average Bonchev–Trinajstić information content (AvgIpc) is 3.54. The lowest BCUT2D eigenvalue weighted by Gasteiger charge is -2.35. The Morgan fingerprint density at radius 2 is 1.77 bits per heavy atom. The molecule has 6 nitrogen and oxygen atoms in total. The number of carbonyl (C=O) groups is 1. The second kappa shape index (κ2) is 7.72. The molecule has 1 N–H and O–H groups in total. The third-order valence-electron chi connectivity index (χ3n) is 5.09. The van der Waals surface area contributed by atoms with Crippen LogP contribution in [0.15, 0.2) is 42.5 Å². The Kier molecular flexibility index (Phi) is 5.00. The third-order valence-corrected chi connectivity index (χ3v) is 5.09. The molecular weight excluding hydrogens is 326 g/mol. The summed E-state index contributed by atoms with van der Waals surface area (Å²) in [6.45, 7) is 3.68. The number of urea groups is 1. The molecule has 4 rings (SSSR count). The predicted molar refractivity (Wildman–Crippen MR) is 101 cm³/mol. The third kappa shape index (κ3) is 4.12. The highest BCUT2D eigenvalue weighted by molar-refractivity contribution is 5.74. The molecule has 1 aromatic heterocycles. The van der Waals surface area contributed by atoms with Crippen molar-refractivity contribution in [3.63, 3.8) is 0 Å². The minimum Gasteiger partial charge on any atom is -0.352 e. The number of rotatable bonds is 5. The van der Waals surface area contributed by atoms with Crippen LogP contribution in [0, 0.1) is 0 Å². The first-order valence-electron chi connectivity index (χ1n) is 9.45. The minimum absolute atomic E-state index is 0.0238. The first-order chi connectivity index (χ1) is 12.8. The van der Waals surface area contributed by atoms with Gasteiger partial charge in [0.05, 0.1) is 5.69 Å². The van der Waals surface area contributed by atoms with Crippen LogP contribution in [0.25, 0.3) is 0 Å². The summed E-state index contributed by atoms with van der Waals surface area (Å²) in [5.74, 6) is 1.55. The molecule has 2 heterocycles. The van der Waals surface area contributed by atoms with Gasteiger partial charge in [-0.15, -0.1) is 5.10 Å². The van der Waals surface area contributed by atoms with Gasteiger partial charge in [-0.05, 0) is 37.0 Å². The maximum absolute atomic E-state index is 12.3. The molecule has 136 valence electrons. The van der Waals surface area contributed by atoms with Crippen molar-refractivity contribution in [1.82, 2.24) is 20.4 Å². The van der Waals surface area contributed by atoms with Gasteiger partial charge in [0, 0.05) is 38.6 Å². The Morgan fingerprint density at radius 1 is 1.00 bits per heavy atom. The highest BCUT2D eigenvalue weighted by atomic mass is 16.2. The SMILES string of the molecule is O=C(NCCc1ccccc1)N1CCN(c2ccc(C3CC3)nn2)CC1. The zero-order valence-electron chi connectivity index (χ0n) is 15.0. The fraction of sp³-hybridized carbons (Fsp3) is 0.450. The lowest BCUT2D eigenvalue weighted by atomic mass is 10.1. The van der Waals surface area contributed by atoms with Gasteiger partial charge in [0.15, 0.2) is 5.82 Å². The first kappa shape index (κ1) is 16.8. The number of hydrogen-bond donors (Lipinski definition) is 1. The molecule has 2 fully saturated rings. The summed E-state index contributed by atoms with van der Waals surface area (Å²) in [5.41, 5.74) is 2.36. The van der Waals surface area contributed by atoms with Crippen molar-refractivity contribution >= 4 is 11.8 Å². The number of hydrogen-bond acceptors (Lipinski definition) is 4. The van der Waals surface area contributed by atoms with E-state index in [0.29, 0.717) is 25.6 Å². The molecule has 0 atom stereocenters. The number of aromatic nitrogens is 2. The van der Waals surface area contributed by atoms with Crippen molar-refractivity contribution in [3.8, 4) is 0 Å². The van der Waals surface area contributed by atoms with E-state index in [9.17, 15) is 4.79 Å². The fourth-order valence-corrected chi connectivity index (χ4v) is 3.31. The Balaban J connectivity index is 1.21. The van der Waals surface area contributed by atoms with Crippen LogP contribution in [0.5, 0.6) is 0 Å². The summed E-state index contributed by atoms with van der Waals surface area (Å²) < 4.78 is 0. The molecule has 0 bridgehead atoms. The second-order valence-electron chi connectivity index (χ2n) is 7.03. The largest absolute Gasteiger partial charge is 0.352 e. The fourth-order valence-electron chi connectivity index (χ4n) is 3.31. The summed E-state index contributed by atoms with van der Waals surface area (Å²) in [6, 6.07) is 14.4. The Labute approximate surface area is 154 Å². The van der Waals surface area contributed by atoms with Crippen molar-refractivity contribution in [2.75, 3.05) is 37.6 Å². The molecule has 6 heteroatoms. The average molecular weight is 351 g/mol. The van der Waals surface area contributed by atoms with Gasteiger partial charge in [-0.3, -0.25) is 0 Å². The monoisotopic (exact) mass is 351 g/mol. The van der Waals surface area contributed by atoms with Gasteiger partial charge >= 0.3 is 6.03 Å². The number of amides is 2. The molecular formula is C20H25N5O. The molecule has 0 radical (unpaired) electrons. The van der Waals surface area contributed by atoms with Crippen LogP contribution in [-0.4, -0.2) is 53.9 Å². The Morgan fingerprint density at radius 3 is 2.42 bits per heavy atom. The first-order valence-corrected chi connectivity index (χ1v) is 9.45. The van der Waals surface area contributed by atoms with Crippen LogP contribution in [-0.2, 0) is 6.42 Å². The molecule has 0 spiro atoms. The predicted octanol–water partition coefficient (Wildman–Crippen LogP) is 2.43. The second-order valence-corrected chi connectivity index (χ2v) is 7.03. The lowest BCUT2D eigenvalue weighted by molar-refractivity contribution is 0.194. The molecule has 1 aromatic carbocycles. The zero-order chi connectivity index (χ0) is 17.8. The van der Waals surface area contributed by atoms with E-state index >= 15 is 0 Å². The molecule has 26 heavy (non-hydrogen) atoms. The summed E-state index contributed by atoms with van der Waals surface area (Å²) in [4.78, 5) is 16.4. The summed E-state index contributed by atoms with van der Waals surface area (Å²) in [6.07, 6.45) is 3.34. The molecule has 2 aromatic rings. The number of carbonyl (C=O) groups excluding carboxylic acids is 1. The lowest BCUT2D eigenvalue weighted by Crippen LogP contribution is -2.52. The van der Waals surface area contributed by atoms with Gasteiger partial charge in [0.2, 0.25) is 0 Å². The molecule has 1 saturated carbocycles. The molecule has 2 aliphatic rings. The maximum atomic E-state index is 12.3. The highest BCUT2D eigenvalue weighted by Gasteiger charge is 2.26. The topological polar surface area (TPSA) is 61.4 Å². The van der Waals surface area contributed by atoms with Gasteiger partial charge in [0.25, 0.3) is 0 Å². The van der Waals surface area contributed by atoms with E-state index in [-0.39, 0.29) is 6.03 Å². The standard InChI is InChI=1S/C20H25N5O/c26-20(21-11-10-16-4-2-1-3-5-16)25-14-12-24(13-15-25)19-9-8-18(22-23-19)17-6-7-17/h1-5,8-9,17H,6-7,10-15H2,(H,21,26). The zero-order valence-corrected chi connectivity index (χ0v) is 15.0. The van der Waals surface area contributed by atoms with Crippen LogP contribution in [0.2, 0.25) is 0 Å². The quantitative estimate of drug-likeness (QED) is 0.899. The number of nitrogens with one attached hydrogen (secondary N) is 1. The van der Waals surface area contributed by atoms with Crippen LogP contribution in [0.1, 0.15) is 30.0 Å². The molecule has 2 amide bonds. The highest BCUT2D eigenvalue weighted by Crippen LogP contribution is 2.38. The van der Waals surface area contributed by atoms with Gasteiger partial charge in [-0.2, -0.15) is 5.10 Å². The van der Waals surface area contributed by atoms with Crippen molar-refractivity contribution in [1.29, 1.82) is 0 Å². The van der Waals surface area contributed by atoms with E-state index in [1.165, 1.54) is 18.4 Å². The number of nitrogens with zero attached hydrogens (tertiary/aromatic N) is 4. The maximum Gasteiger partial charge on any atom is 0.317 e. The van der Waals surface area contributed by atoms with Crippen molar-refractivity contribution < 1.29 is 4.79 Å². The van der Waals surface area contributed by atoms with Crippen molar-refractivity contribution in [2.45, 2.75) is 25.2 Å². The molecule has 0 unspecified atom stereocenters. The van der Waals surface area contributed by atoms with Crippen molar-refractivity contribution in [2.24, 2.45) is 0 Å². The normalized spacial score (nSPS) is 17.2. The van der Waals surface area contributed by atoms with Crippen LogP contribution >= 0.6 is 0 Å². The molecule has 1 saturated heterocycles. The summed E-state index contributed by atoms with van der Waals surface area (Å²) >= 11 is 0. The van der Waals surface area contributed by atoms with E-state index in [2.05, 4.69) is 44.7 Å². The van der Waals surface area contributed by atoms with Gasteiger partial charge in [-0.25, -0.2) is 4.79 Å². The number of piperazine rings is 1. The molecule has 1 aliphatic heterocycles. The van der Waals surface area contributed by atoms with Gasteiger partial charge in [0.1, 0.15) is 0 Å². The van der Waals surface area contributed by atoms with Gasteiger partial charge < -0.3 is 15.1 Å². The van der Waals surface area contributed by atoms with E-state index in [1.807, 2.05) is 23.1 Å². The summed E-state index contributed by atoms with van der Waals surface area (Å²) in [5, 5.41) is 11.8. The summed E-state index contributed by atoms with van der Waals surface area (Å²) in [7, 11) is 0. The minimum atomic E-state index is 0.0238. The molecule has 1 aliphatic carbocycles. The Bertz CT molecular complexity index is 722. The van der Waals surface area contributed by atoms with E-state index in [1.54, 1.807) is 0 Å². The van der Waals surface area contributed by atoms with E-state index in [4.69, 9.17) is 0 Å². The van der Waals surface area contributed by atoms with E-state index in [0.717, 1.165) is 31.0 Å². The van der Waals surface area contributed by atoms with Crippen LogP contribution < -0.4 is 10.2 Å².